The largest absolute Gasteiger partial charge is 0.233 e. The van der Waals surface area contributed by atoms with E-state index < -0.39 is 0 Å². The minimum Gasteiger partial charge on any atom is -0.233 e. The Morgan fingerprint density at radius 2 is 1.00 bits per heavy atom. The van der Waals surface area contributed by atoms with E-state index >= 15 is 0 Å². The minimum absolute atomic E-state index is 0.594. The molecule has 0 saturated carbocycles. The first-order chi connectivity index (χ1) is 8.93. The molecule has 2 aromatic heterocycles. The van der Waals surface area contributed by atoms with E-state index in [0.29, 0.717) is 11.6 Å². The van der Waals surface area contributed by atoms with Crippen molar-refractivity contribution in [3.8, 4) is 22.8 Å². The molecule has 1 aromatic carbocycles. The van der Waals surface area contributed by atoms with Crippen LogP contribution in [0.5, 0.6) is 0 Å². The summed E-state index contributed by atoms with van der Waals surface area (Å²) < 4.78 is 0. The van der Waals surface area contributed by atoms with E-state index in [1.165, 1.54) is 0 Å². The molecule has 0 bridgehead atoms. The molecule has 6 heteroatoms. The van der Waals surface area contributed by atoms with Crippen molar-refractivity contribution in [2.45, 2.75) is 0 Å². The lowest BCUT2D eigenvalue weighted by molar-refractivity contribution is 0.976. The van der Waals surface area contributed by atoms with Crippen molar-refractivity contribution in [3.63, 3.8) is 0 Å². The Morgan fingerprint density at radius 3 is 1.33 bits per heavy atom. The highest BCUT2D eigenvalue weighted by molar-refractivity contribution is 5.62. The van der Waals surface area contributed by atoms with Gasteiger partial charge in [-0.15, -0.1) is 10.2 Å². The van der Waals surface area contributed by atoms with Gasteiger partial charge in [0.05, 0.1) is 12.4 Å². The first kappa shape index (κ1) is 10.4. The van der Waals surface area contributed by atoms with E-state index in [1.807, 2.05) is 24.3 Å². The van der Waals surface area contributed by atoms with Crippen LogP contribution in [-0.2, 0) is 0 Å². The Balaban J connectivity index is 1.95. The number of hydrogen-bond donors (Lipinski definition) is 0. The van der Waals surface area contributed by atoms with Gasteiger partial charge in [-0.2, -0.15) is 10.2 Å². The molecule has 6 nitrogen and oxygen atoms in total. The SMILES string of the molecule is c1cnc(-c2ccc(-c3nccnn3)cc2)nn1. The molecule has 0 saturated heterocycles. The Morgan fingerprint density at radius 1 is 0.556 bits per heavy atom. The zero-order chi connectivity index (χ0) is 12.2. The maximum atomic E-state index is 4.13. The van der Waals surface area contributed by atoms with Gasteiger partial charge in [0, 0.05) is 23.5 Å². The highest BCUT2D eigenvalue weighted by Gasteiger charge is 2.03. The fraction of sp³-hybridized carbons (Fsp3) is 0. The molecule has 0 aliphatic rings. The van der Waals surface area contributed by atoms with Crippen LogP contribution in [0.2, 0.25) is 0 Å². The molecule has 86 valence electrons. The molecule has 3 aromatic rings. The topological polar surface area (TPSA) is 77.3 Å². The molecule has 0 aliphatic carbocycles. The summed E-state index contributed by atoms with van der Waals surface area (Å²) in [6.07, 6.45) is 6.31. The second-order valence-corrected chi connectivity index (χ2v) is 3.51. The summed E-state index contributed by atoms with van der Waals surface area (Å²) in [5, 5.41) is 15.5. The third-order valence-electron chi connectivity index (χ3n) is 2.37. The predicted octanol–water partition coefficient (Wildman–Crippen LogP) is 1.39. The number of nitrogens with zero attached hydrogens (tertiary/aromatic N) is 6. The molecule has 0 amide bonds. The molecule has 0 N–H and O–H groups in total. The van der Waals surface area contributed by atoms with Gasteiger partial charge in [-0.1, -0.05) is 24.3 Å². The lowest BCUT2D eigenvalue weighted by Crippen LogP contribution is -1.92. The van der Waals surface area contributed by atoms with E-state index in [2.05, 4.69) is 30.4 Å². The van der Waals surface area contributed by atoms with Gasteiger partial charge in [-0.05, 0) is 0 Å². The normalized spacial score (nSPS) is 10.2. The van der Waals surface area contributed by atoms with Gasteiger partial charge in [-0.25, -0.2) is 9.97 Å². The van der Waals surface area contributed by atoms with Crippen LogP contribution >= 0.6 is 0 Å². The summed E-state index contributed by atoms with van der Waals surface area (Å²) in [5.41, 5.74) is 1.80. The third-order valence-corrected chi connectivity index (χ3v) is 2.37. The van der Waals surface area contributed by atoms with Crippen LogP contribution < -0.4 is 0 Å². The lowest BCUT2D eigenvalue weighted by Gasteiger charge is -2.00. The van der Waals surface area contributed by atoms with Gasteiger partial charge in [-0.3, -0.25) is 0 Å². The maximum Gasteiger partial charge on any atom is 0.181 e. The van der Waals surface area contributed by atoms with Crippen LogP contribution in [0.4, 0.5) is 0 Å². The third kappa shape index (κ3) is 2.03. The average molecular weight is 236 g/mol. The van der Waals surface area contributed by atoms with E-state index in [9.17, 15) is 0 Å². The van der Waals surface area contributed by atoms with Crippen molar-refractivity contribution in [1.29, 1.82) is 0 Å². The molecule has 0 unspecified atom stereocenters. The Hall–Kier alpha value is -2.76. The number of aromatic nitrogens is 6. The Labute approximate surface area is 103 Å². The van der Waals surface area contributed by atoms with Crippen LogP contribution in [0.1, 0.15) is 0 Å². The van der Waals surface area contributed by atoms with Gasteiger partial charge in [0.2, 0.25) is 0 Å². The fourth-order valence-corrected chi connectivity index (χ4v) is 1.53. The van der Waals surface area contributed by atoms with Crippen molar-refractivity contribution >= 4 is 0 Å². The molecule has 2 heterocycles. The van der Waals surface area contributed by atoms with Crippen LogP contribution in [0, 0.1) is 0 Å². The van der Waals surface area contributed by atoms with Gasteiger partial charge < -0.3 is 0 Å². The Bertz CT molecular complexity index is 565. The van der Waals surface area contributed by atoms with Crippen molar-refractivity contribution in [1.82, 2.24) is 30.4 Å². The summed E-state index contributed by atoms with van der Waals surface area (Å²) in [7, 11) is 0. The summed E-state index contributed by atoms with van der Waals surface area (Å²) in [4.78, 5) is 8.27. The van der Waals surface area contributed by atoms with Gasteiger partial charge >= 0.3 is 0 Å². The monoisotopic (exact) mass is 236 g/mol. The van der Waals surface area contributed by atoms with Crippen LogP contribution in [0.25, 0.3) is 22.8 Å². The summed E-state index contributed by atoms with van der Waals surface area (Å²) >= 11 is 0. The molecule has 3 rings (SSSR count). The van der Waals surface area contributed by atoms with Crippen molar-refractivity contribution < 1.29 is 0 Å². The quantitative estimate of drug-likeness (QED) is 0.669. The molecule has 0 fully saturated rings. The van der Waals surface area contributed by atoms with Crippen molar-refractivity contribution in [3.05, 3.63) is 49.1 Å². The van der Waals surface area contributed by atoms with Crippen LogP contribution in [0.3, 0.4) is 0 Å². The molecule has 0 spiro atoms. The number of benzene rings is 1. The maximum absolute atomic E-state index is 4.13. The van der Waals surface area contributed by atoms with Crippen molar-refractivity contribution in [2.24, 2.45) is 0 Å². The summed E-state index contributed by atoms with van der Waals surface area (Å²) in [5.74, 6) is 1.19. The average Bonchev–Trinajstić information content (AvgIpc) is 2.49. The molecular weight excluding hydrogens is 228 g/mol. The second-order valence-electron chi connectivity index (χ2n) is 3.51. The van der Waals surface area contributed by atoms with Gasteiger partial charge in [0.1, 0.15) is 0 Å². The molecular formula is C12H8N6. The number of rotatable bonds is 2. The van der Waals surface area contributed by atoms with E-state index in [0.717, 1.165) is 11.1 Å². The fourth-order valence-electron chi connectivity index (χ4n) is 1.53. The standard InChI is InChI=1S/C12H8N6/c1-2-10(12-14-6-8-16-18-12)4-3-9(1)11-13-5-7-15-17-11/h1-8H. The zero-order valence-corrected chi connectivity index (χ0v) is 9.30. The predicted molar refractivity (Wildman–Crippen MR) is 64.1 cm³/mol. The number of hydrogen-bond acceptors (Lipinski definition) is 6. The highest BCUT2D eigenvalue weighted by atomic mass is 15.1. The molecule has 18 heavy (non-hydrogen) atoms. The second kappa shape index (κ2) is 4.62. The molecule has 0 atom stereocenters. The van der Waals surface area contributed by atoms with Crippen molar-refractivity contribution in [2.75, 3.05) is 0 Å². The zero-order valence-electron chi connectivity index (χ0n) is 9.30. The molecule has 0 radical (unpaired) electrons. The van der Waals surface area contributed by atoms with Crippen LogP contribution in [0.15, 0.2) is 49.1 Å². The smallest absolute Gasteiger partial charge is 0.181 e. The van der Waals surface area contributed by atoms with Crippen LogP contribution in [-0.4, -0.2) is 30.4 Å². The first-order valence-corrected chi connectivity index (χ1v) is 5.32. The summed E-state index contributed by atoms with van der Waals surface area (Å²) in [6, 6.07) is 7.62. The van der Waals surface area contributed by atoms with Gasteiger partial charge in [0.15, 0.2) is 11.6 Å². The van der Waals surface area contributed by atoms with Gasteiger partial charge in [0.25, 0.3) is 0 Å². The van der Waals surface area contributed by atoms with E-state index in [-0.39, 0.29) is 0 Å². The lowest BCUT2D eigenvalue weighted by atomic mass is 10.1. The van der Waals surface area contributed by atoms with E-state index in [1.54, 1.807) is 24.8 Å². The first-order valence-electron chi connectivity index (χ1n) is 5.32. The Kier molecular flexibility index (Phi) is 2.67. The minimum atomic E-state index is 0.594. The highest BCUT2D eigenvalue weighted by Crippen LogP contribution is 2.18. The molecule has 0 aliphatic heterocycles. The summed E-state index contributed by atoms with van der Waals surface area (Å²) in [6.45, 7) is 0. The van der Waals surface area contributed by atoms with E-state index in [4.69, 9.17) is 0 Å².